The molecule has 1 unspecified atom stereocenters. The van der Waals surface area contributed by atoms with Crippen LogP contribution in [-0.4, -0.2) is 28.4 Å². The maximum atomic E-state index is 5.87. The lowest BCUT2D eigenvalue weighted by Gasteiger charge is -2.17. The van der Waals surface area contributed by atoms with Crippen molar-refractivity contribution < 1.29 is 4.74 Å². The zero-order valence-corrected chi connectivity index (χ0v) is 10.9. The molecule has 1 aromatic heterocycles. The van der Waals surface area contributed by atoms with Crippen LogP contribution in [0.1, 0.15) is 23.3 Å². The third-order valence-corrected chi connectivity index (χ3v) is 2.93. The molecule has 0 aliphatic heterocycles. The minimum absolute atomic E-state index is 0.0112. The SMILES string of the molecule is COc1ccc(C(CN)n2nc(C)nc2C)cc1. The van der Waals surface area contributed by atoms with Gasteiger partial charge in [0.1, 0.15) is 17.4 Å². The highest BCUT2D eigenvalue weighted by Crippen LogP contribution is 2.21. The molecule has 0 bridgehead atoms. The van der Waals surface area contributed by atoms with Crippen LogP contribution in [-0.2, 0) is 0 Å². The molecule has 2 N–H and O–H groups in total. The van der Waals surface area contributed by atoms with Gasteiger partial charge in [0.05, 0.1) is 13.2 Å². The standard InChI is InChI=1S/C13H18N4O/c1-9-15-10(2)17(16-9)13(8-14)11-4-6-12(18-3)7-5-11/h4-7,13H,8,14H2,1-3H3. The predicted octanol–water partition coefficient (Wildman–Crippen LogP) is 1.45. The lowest BCUT2D eigenvalue weighted by atomic mass is 10.1. The summed E-state index contributed by atoms with van der Waals surface area (Å²) in [6, 6.07) is 7.88. The van der Waals surface area contributed by atoms with Crippen molar-refractivity contribution in [1.82, 2.24) is 14.8 Å². The molecular weight excluding hydrogens is 228 g/mol. The molecule has 0 fully saturated rings. The van der Waals surface area contributed by atoms with Gasteiger partial charge in [0, 0.05) is 6.54 Å². The predicted molar refractivity (Wildman–Crippen MR) is 69.7 cm³/mol. The van der Waals surface area contributed by atoms with Crippen LogP contribution < -0.4 is 10.5 Å². The number of rotatable bonds is 4. The molecule has 5 nitrogen and oxygen atoms in total. The Morgan fingerprint density at radius 3 is 2.39 bits per heavy atom. The summed E-state index contributed by atoms with van der Waals surface area (Å²) in [6.45, 7) is 4.30. The molecule has 0 saturated heterocycles. The second kappa shape index (κ2) is 5.18. The number of hydrogen-bond acceptors (Lipinski definition) is 4. The Balaban J connectivity index is 2.35. The fourth-order valence-corrected chi connectivity index (χ4v) is 2.03. The Labute approximate surface area is 107 Å². The molecule has 2 aromatic rings. The van der Waals surface area contributed by atoms with Crippen molar-refractivity contribution >= 4 is 0 Å². The Morgan fingerprint density at radius 1 is 1.28 bits per heavy atom. The number of methoxy groups -OCH3 is 1. The summed E-state index contributed by atoms with van der Waals surface area (Å²) in [7, 11) is 1.65. The van der Waals surface area contributed by atoms with Gasteiger partial charge < -0.3 is 10.5 Å². The molecule has 18 heavy (non-hydrogen) atoms. The largest absolute Gasteiger partial charge is 0.497 e. The second-order valence-electron chi connectivity index (χ2n) is 4.18. The van der Waals surface area contributed by atoms with Crippen LogP contribution in [0.15, 0.2) is 24.3 Å². The van der Waals surface area contributed by atoms with Crippen LogP contribution in [0.2, 0.25) is 0 Å². The van der Waals surface area contributed by atoms with Crippen LogP contribution >= 0.6 is 0 Å². The van der Waals surface area contributed by atoms with E-state index in [9.17, 15) is 0 Å². The topological polar surface area (TPSA) is 66.0 Å². The summed E-state index contributed by atoms with van der Waals surface area (Å²) < 4.78 is 7.02. The molecule has 0 spiro atoms. The van der Waals surface area contributed by atoms with Gasteiger partial charge >= 0.3 is 0 Å². The van der Waals surface area contributed by atoms with Crippen molar-refractivity contribution in [3.05, 3.63) is 41.5 Å². The van der Waals surface area contributed by atoms with Crippen molar-refractivity contribution in [3.63, 3.8) is 0 Å². The average molecular weight is 246 g/mol. The molecule has 0 radical (unpaired) electrons. The van der Waals surface area contributed by atoms with Gasteiger partial charge in [-0.3, -0.25) is 0 Å². The molecule has 0 aliphatic rings. The van der Waals surface area contributed by atoms with Crippen LogP contribution in [0.4, 0.5) is 0 Å². The van der Waals surface area contributed by atoms with E-state index in [-0.39, 0.29) is 6.04 Å². The van der Waals surface area contributed by atoms with E-state index in [1.807, 2.05) is 42.8 Å². The van der Waals surface area contributed by atoms with Crippen LogP contribution in [0, 0.1) is 13.8 Å². The average Bonchev–Trinajstić information content (AvgIpc) is 2.70. The summed E-state index contributed by atoms with van der Waals surface area (Å²) >= 11 is 0. The molecule has 0 amide bonds. The zero-order chi connectivity index (χ0) is 13.1. The number of aryl methyl sites for hydroxylation is 2. The first-order chi connectivity index (χ1) is 8.65. The van der Waals surface area contributed by atoms with Gasteiger partial charge in [-0.2, -0.15) is 5.10 Å². The van der Waals surface area contributed by atoms with Crippen LogP contribution in [0.5, 0.6) is 5.75 Å². The van der Waals surface area contributed by atoms with Crippen LogP contribution in [0.25, 0.3) is 0 Å². The highest BCUT2D eigenvalue weighted by atomic mass is 16.5. The van der Waals surface area contributed by atoms with Gasteiger partial charge in [-0.05, 0) is 31.5 Å². The van der Waals surface area contributed by atoms with Gasteiger partial charge in [-0.1, -0.05) is 12.1 Å². The van der Waals surface area contributed by atoms with E-state index in [0.717, 1.165) is 23.0 Å². The molecule has 2 rings (SSSR count). The van der Waals surface area contributed by atoms with Crippen molar-refractivity contribution in [2.75, 3.05) is 13.7 Å². The summed E-state index contributed by atoms with van der Waals surface area (Å²) in [5.41, 5.74) is 6.97. The molecular formula is C13H18N4O. The fraction of sp³-hybridized carbons (Fsp3) is 0.385. The quantitative estimate of drug-likeness (QED) is 0.886. The number of nitrogens with zero attached hydrogens (tertiary/aromatic N) is 3. The molecule has 0 aliphatic carbocycles. The van der Waals surface area contributed by atoms with Gasteiger partial charge in [-0.25, -0.2) is 9.67 Å². The smallest absolute Gasteiger partial charge is 0.147 e. The lowest BCUT2D eigenvalue weighted by Crippen LogP contribution is -2.22. The van der Waals surface area contributed by atoms with Crippen LogP contribution in [0.3, 0.4) is 0 Å². The highest BCUT2D eigenvalue weighted by molar-refractivity contribution is 5.29. The molecule has 96 valence electrons. The third kappa shape index (κ3) is 2.36. The third-order valence-electron chi connectivity index (χ3n) is 2.93. The van der Waals surface area contributed by atoms with Crippen molar-refractivity contribution in [3.8, 4) is 5.75 Å². The zero-order valence-electron chi connectivity index (χ0n) is 10.9. The molecule has 1 aromatic carbocycles. The summed E-state index contributed by atoms with van der Waals surface area (Å²) in [6.07, 6.45) is 0. The number of aromatic nitrogens is 3. The minimum Gasteiger partial charge on any atom is -0.497 e. The van der Waals surface area contributed by atoms with E-state index in [4.69, 9.17) is 10.5 Å². The van der Waals surface area contributed by atoms with E-state index in [2.05, 4.69) is 10.1 Å². The van der Waals surface area contributed by atoms with E-state index >= 15 is 0 Å². The number of hydrogen-bond donors (Lipinski definition) is 1. The normalized spacial score (nSPS) is 12.4. The van der Waals surface area contributed by atoms with Gasteiger partial charge in [0.15, 0.2) is 0 Å². The highest BCUT2D eigenvalue weighted by Gasteiger charge is 2.16. The molecule has 1 heterocycles. The Morgan fingerprint density at radius 2 is 1.94 bits per heavy atom. The minimum atomic E-state index is 0.0112. The second-order valence-corrected chi connectivity index (χ2v) is 4.18. The lowest BCUT2D eigenvalue weighted by molar-refractivity contribution is 0.414. The van der Waals surface area contributed by atoms with E-state index in [1.54, 1.807) is 7.11 Å². The molecule has 0 saturated carbocycles. The van der Waals surface area contributed by atoms with E-state index in [0.29, 0.717) is 6.54 Å². The maximum absolute atomic E-state index is 5.87. The number of nitrogens with two attached hydrogens (primary N) is 1. The first-order valence-electron chi connectivity index (χ1n) is 5.89. The van der Waals surface area contributed by atoms with Gasteiger partial charge in [0.2, 0.25) is 0 Å². The van der Waals surface area contributed by atoms with Gasteiger partial charge in [0.25, 0.3) is 0 Å². The Hall–Kier alpha value is -1.88. The first-order valence-corrected chi connectivity index (χ1v) is 5.89. The summed E-state index contributed by atoms with van der Waals surface area (Å²) in [5, 5.41) is 4.39. The van der Waals surface area contributed by atoms with Crippen molar-refractivity contribution in [2.24, 2.45) is 5.73 Å². The van der Waals surface area contributed by atoms with Crippen molar-refractivity contribution in [2.45, 2.75) is 19.9 Å². The van der Waals surface area contributed by atoms with E-state index < -0.39 is 0 Å². The summed E-state index contributed by atoms with van der Waals surface area (Å²) in [5.74, 6) is 2.47. The fourth-order valence-electron chi connectivity index (χ4n) is 2.03. The number of ether oxygens (including phenoxy) is 1. The molecule has 1 atom stereocenters. The monoisotopic (exact) mass is 246 g/mol. The summed E-state index contributed by atoms with van der Waals surface area (Å²) in [4.78, 5) is 4.31. The van der Waals surface area contributed by atoms with Crippen molar-refractivity contribution in [1.29, 1.82) is 0 Å². The van der Waals surface area contributed by atoms with E-state index in [1.165, 1.54) is 0 Å². The Bertz CT molecular complexity index is 518. The molecule has 5 heteroatoms. The van der Waals surface area contributed by atoms with Gasteiger partial charge in [-0.15, -0.1) is 0 Å². The Kier molecular flexibility index (Phi) is 3.62. The first kappa shape index (κ1) is 12.6. The maximum Gasteiger partial charge on any atom is 0.147 e. The number of benzene rings is 1.